The number of hydrogen-bond donors (Lipinski definition) is 0. The highest BCUT2D eigenvalue weighted by atomic mass is 35.5. The van der Waals surface area contributed by atoms with Gasteiger partial charge in [0.15, 0.2) is 5.65 Å². The molecule has 21 heavy (non-hydrogen) atoms. The van der Waals surface area contributed by atoms with Gasteiger partial charge in [-0.2, -0.15) is 13.9 Å². The zero-order valence-corrected chi connectivity index (χ0v) is 12.5. The molecule has 0 amide bonds. The Labute approximate surface area is 123 Å². The highest BCUT2D eigenvalue weighted by Gasteiger charge is 2.42. The monoisotopic (exact) mass is 326 g/mol. The van der Waals surface area contributed by atoms with Crippen LogP contribution in [-0.4, -0.2) is 31.7 Å². The summed E-state index contributed by atoms with van der Waals surface area (Å²) in [6, 6.07) is 0. The van der Waals surface area contributed by atoms with Crippen molar-refractivity contribution in [2.24, 2.45) is 0 Å². The van der Waals surface area contributed by atoms with E-state index in [-0.39, 0.29) is 11.5 Å². The molecular weight excluding hydrogens is 312 g/mol. The summed E-state index contributed by atoms with van der Waals surface area (Å²) in [7, 11) is 0. The van der Waals surface area contributed by atoms with Gasteiger partial charge in [-0.05, 0) is 20.8 Å². The fourth-order valence-corrected chi connectivity index (χ4v) is 2.37. The number of aromatic nitrogens is 4. The SMILES string of the molecule is CCn1nc(C)c2nc(C(C)Cl)n(CC(F)(F)C(F)F)c21. The van der Waals surface area contributed by atoms with Gasteiger partial charge in [-0.25, -0.2) is 18.4 Å². The van der Waals surface area contributed by atoms with Crippen molar-refractivity contribution in [2.45, 2.75) is 51.6 Å². The Morgan fingerprint density at radius 2 is 1.95 bits per heavy atom. The third-order valence-corrected chi connectivity index (χ3v) is 3.37. The van der Waals surface area contributed by atoms with Crippen molar-refractivity contribution in [1.82, 2.24) is 19.3 Å². The molecule has 0 bridgehead atoms. The van der Waals surface area contributed by atoms with Crippen LogP contribution in [0, 0.1) is 6.92 Å². The quantitative estimate of drug-likeness (QED) is 0.619. The van der Waals surface area contributed by atoms with Gasteiger partial charge >= 0.3 is 12.3 Å². The van der Waals surface area contributed by atoms with Crippen LogP contribution in [-0.2, 0) is 13.1 Å². The third-order valence-electron chi connectivity index (χ3n) is 3.17. The third kappa shape index (κ3) is 2.73. The van der Waals surface area contributed by atoms with Crippen molar-refractivity contribution < 1.29 is 17.6 Å². The summed E-state index contributed by atoms with van der Waals surface area (Å²) in [6.07, 6.45) is -3.76. The van der Waals surface area contributed by atoms with Gasteiger partial charge in [0.05, 0.1) is 17.6 Å². The summed E-state index contributed by atoms with van der Waals surface area (Å²) >= 11 is 5.95. The average Bonchev–Trinajstić information content (AvgIpc) is 2.88. The lowest BCUT2D eigenvalue weighted by Crippen LogP contribution is -2.33. The minimum atomic E-state index is -4.16. The molecule has 0 aliphatic heterocycles. The maximum atomic E-state index is 13.5. The highest BCUT2D eigenvalue weighted by molar-refractivity contribution is 6.20. The molecule has 2 heterocycles. The molecule has 1 atom stereocenters. The van der Waals surface area contributed by atoms with Crippen molar-refractivity contribution in [3.8, 4) is 0 Å². The van der Waals surface area contributed by atoms with Crippen LogP contribution in [0.15, 0.2) is 0 Å². The molecule has 118 valence electrons. The van der Waals surface area contributed by atoms with E-state index in [1.54, 1.807) is 20.8 Å². The Kier molecular flexibility index (Phi) is 4.19. The summed E-state index contributed by atoms with van der Waals surface area (Å²) in [5, 5.41) is 3.48. The van der Waals surface area contributed by atoms with E-state index in [2.05, 4.69) is 10.1 Å². The Balaban J connectivity index is 2.66. The van der Waals surface area contributed by atoms with Gasteiger partial charge in [0.1, 0.15) is 11.3 Å². The molecule has 0 fully saturated rings. The molecule has 0 N–H and O–H groups in total. The first kappa shape index (κ1) is 16.1. The summed E-state index contributed by atoms with van der Waals surface area (Å²) in [4.78, 5) is 4.19. The van der Waals surface area contributed by atoms with Gasteiger partial charge in [0.2, 0.25) is 0 Å². The molecule has 0 saturated heterocycles. The number of aryl methyl sites for hydroxylation is 2. The van der Waals surface area contributed by atoms with Crippen LogP contribution in [0.3, 0.4) is 0 Å². The predicted molar refractivity (Wildman–Crippen MR) is 71.1 cm³/mol. The second-order valence-electron chi connectivity index (χ2n) is 4.81. The van der Waals surface area contributed by atoms with Crippen LogP contribution in [0.5, 0.6) is 0 Å². The molecule has 2 aromatic rings. The van der Waals surface area contributed by atoms with Gasteiger partial charge in [-0.3, -0.25) is 0 Å². The normalized spacial score (nSPS) is 14.3. The lowest BCUT2D eigenvalue weighted by atomic mass is 10.3. The van der Waals surface area contributed by atoms with E-state index in [1.165, 1.54) is 4.68 Å². The zero-order valence-electron chi connectivity index (χ0n) is 11.7. The fraction of sp³-hybridized carbons (Fsp3) is 0.667. The first-order valence-electron chi connectivity index (χ1n) is 6.42. The number of halogens is 5. The Bertz CT molecular complexity index is 647. The number of nitrogens with zero attached hydrogens (tertiary/aromatic N) is 4. The van der Waals surface area contributed by atoms with Crippen LogP contribution in [0.2, 0.25) is 0 Å². The second kappa shape index (κ2) is 5.47. The topological polar surface area (TPSA) is 35.6 Å². The molecule has 4 nitrogen and oxygen atoms in total. The smallest absolute Gasteiger partial charge is 0.305 e. The zero-order chi connectivity index (χ0) is 15.9. The number of alkyl halides is 5. The van der Waals surface area contributed by atoms with E-state index in [4.69, 9.17) is 11.6 Å². The minimum absolute atomic E-state index is 0.134. The molecule has 1 unspecified atom stereocenters. The maximum Gasteiger partial charge on any atom is 0.324 e. The summed E-state index contributed by atoms with van der Waals surface area (Å²) < 4.78 is 54.4. The predicted octanol–water partition coefficient (Wildman–Crippen LogP) is 3.76. The summed E-state index contributed by atoms with van der Waals surface area (Å²) in [5.41, 5.74) is 1.24. The van der Waals surface area contributed by atoms with Gasteiger partial charge in [-0.15, -0.1) is 11.6 Å². The van der Waals surface area contributed by atoms with E-state index in [9.17, 15) is 17.6 Å². The molecule has 0 radical (unpaired) electrons. The van der Waals surface area contributed by atoms with Gasteiger partial charge in [-0.1, -0.05) is 0 Å². The Morgan fingerprint density at radius 3 is 2.43 bits per heavy atom. The molecule has 0 saturated carbocycles. The summed E-state index contributed by atoms with van der Waals surface area (Å²) in [5.74, 6) is -4.03. The molecule has 9 heteroatoms. The molecule has 2 aromatic heterocycles. The highest BCUT2D eigenvalue weighted by Crippen LogP contribution is 2.31. The standard InChI is InChI=1S/C12H15ClF4N4/c1-4-21-10-8(7(3)19-21)18-9(6(2)13)20(10)5-12(16,17)11(14)15/h6,11H,4-5H2,1-3H3. The molecule has 0 spiro atoms. The van der Waals surface area contributed by atoms with Crippen LogP contribution >= 0.6 is 11.6 Å². The molecule has 0 aliphatic rings. The molecular formula is C12H15ClF4N4. The average molecular weight is 327 g/mol. The number of rotatable bonds is 5. The van der Waals surface area contributed by atoms with Gasteiger partial charge < -0.3 is 4.57 Å². The van der Waals surface area contributed by atoms with Crippen molar-refractivity contribution in [1.29, 1.82) is 0 Å². The number of hydrogen-bond acceptors (Lipinski definition) is 2. The van der Waals surface area contributed by atoms with Crippen molar-refractivity contribution in [3.05, 3.63) is 11.5 Å². The van der Waals surface area contributed by atoms with Gasteiger partial charge in [0, 0.05) is 6.54 Å². The maximum absolute atomic E-state index is 13.5. The molecule has 2 rings (SSSR count). The van der Waals surface area contributed by atoms with Crippen molar-refractivity contribution in [2.75, 3.05) is 0 Å². The van der Waals surface area contributed by atoms with E-state index in [1.807, 2.05) is 0 Å². The fourth-order valence-electron chi connectivity index (χ4n) is 2.20. The first-order valence-corrected chi connectivity index (χ1v) is 6.86. The molecule has 0 aromatic carbocycles. The minimum Gasteiger partial charge on any atom is -0.305 e. The van der Waals surface area contributed by atoms with E-state index < -0.39 is 24.3 Å². The van der Waals surface area contributed by atoms with E-state index in [0.29, 0.717) is 17.8 Å². The Morgan fingerprint density at radius 1 is 1.33 bits per heavy atom. The van der Waals surface area contributed by atoms with E-state index in [0.717, 1.165) is 4.57 Å². The van der Waals surface area contributed by atoms with Crippen LogP contribution in [0.1, 0.15) is 30.7 Å². The van der Waals surface area contributed by atoms with Crippen LogP contribution in [0.25, 0.3) is 11.2 Å². The number of imidazole rings is 1. The number of fused-ring (bicyclic) bond motifs is 1. The largest absolute Gasteiger partial charge is 0.324 e. The van der Waals surface area contributed by atoms with Crippen molar-refractivity contribution >= 4 is 22.8 Å². The van der Waals surface area contributed by atoms with Crippen molar-refractivity contribution in [3.63, 3.8) is 0 Å². The lowest BCUT2D eigenvalue weighted by molar-refractivity contribution is -0.137. The molecule has 0 aliphatic carbocycles. The van der Waals surface area contributed by atoms with Gasteiger partial charge in [0.25, 0.3) is 0 Å². The van der Waals surface area contributed by atoms with Crippen LogP contribution < -0.4 is 0 Å². The Hall–Kier alpha value is -1.31. The van der Waals surface area contributed by atoms with E-state index >= 15 is 0 Å². The second-order valence-corrected chi connectivity index (χ2v) is 5.46. The first-order chi connectivity index (χ1) is 9.69. The lowest BCUT2D eigenvalue weighted by Gasteiger charge is -2.19. The summed E-state index contributed by atoms with van der Waals surface area (Å²) in [6.45, 7) is 4.24. The van der Waals surface area contributed by atoms with Crippen LogP contribution in [0.4, 0.5) is 17.6 Å².